The summed E-state index contributed by atoms with van der Waals surface area (Å²) in [6.45, 7) is 1.97. The van der Waals surface area contributed by atoms with Gasteiger partial charge >= 0.3 is 5.97 Å². The zero-order valence-electron chi connectivity index (χ0n) is 22.3. The Morgan fingerprint density at radius 1 is 0.605 bits per heavy atom. The maximum absolute atomic E-state index is 13.3. The van der Waals surface area contributed by atoms with Gasteiger partial charge in [-0.1, -0.05) is 0 Å². The van der Waals surface area contributed by atoms with Crippen molar-refractivity contribution >= 4 is 43.4 Å². The number of carbonyl (C=O) groups is 1. The van der Waals surface area contributed by atoms with Crippen LogP contribution in [0.4, 0.5) is 0 Å². The average Bonchev–Trinajstić information content (AvgIpc) is 2.95. The molecule has 0 aromatic heterocycles. The van der Waals surface area contributed by atoms with Gasteiger partial charge in [-0.05, 0) is 75.6 Å². The summed E-state index contributed by atoms with van der Waals surface area (Å²) in [6.07, 6.45) is 0. The summed E-state index contributed by atoms with van der Waals surface area (Å²) in [5.74, 6) is 2.56. The van der Waals surface area contributed by atoms with Crippen LogP contribution in [-0.4, -0.2) is 55.2 Å². The molecule has 38 heavy (non-hydrogen) atoms. The predicted octanol–water partition coefficient (Wildman–Crippen LogP) is 6.65. The molecule has 0 amide bonds. The minimum atomic E-state index is -0.492. The molecular formula is C29H29BrO8. The van der Waals surface area contributed by atoms with E-state index in [0.717, 1.165) is 31.6 Å². The van der Waals surface area contributed by atoms with Crippen LogP contribution in [0.25, 0.3) is 32.7 Å². The number of esters is 1. The summed E-state index contributed by atoms with van der Waals surface area (Å²) >= 11 is 3.80. The molecule has 0 saturated carbocycles. The van der Waals surface area contributed by atoms with E-state index in [4.69, 9.17) is 33.2 Å². The first-order valence-corrected chi connectivity index (χ1v) is 12.5. The van der Waals surface area contributed by atoms with Gasteiger partial charge in [0.05, 0.1) is 54.8 Å². The molecule has 0 aliphatic heterocycles. The van der Waals surface area contributed by atoms with Gasteiger partial charge in [-0.25, -0.2) is 4.79 Å². The molecule has 0 aliphatic carbocycles. The quantitative estimate of drug-likeness (QED) is 0.160. The smallest absolute Gasteiger partial charge is 0.338 e. The molecule has 8 nitrogen and oxygen atoms in total. The third-order valence-corrected chi connectivity index (χ3v) is 7.20. The third-order valence-electron chi connectivity index (χ3n) is 6.35. The van der Waals surface area contributed by atoms with Crippen molar-refractivity contribution in [3.63, 3.8) is 0 Å². The van der Waals surface area contributed by atoms with Crippen LogP contribution in [0.1, 0.15) is 17.3 Å². The first-order valence-electron chi connectivity index (χ1n) is 11.7. The predicted molar refractivity (Wildman–Crippen MR) is 150 cm³/mol. The van der Waals surface area contributed by atoms with Crippen LogP contribution in [0.5, 0.6) is 34.5 Å². The topological polar surface area (TPSA) is 81.7 Å². The van der Waals surface area contributed by atoms with Gasteiger partial charge in [-0.3, -0.25) is 0 Å². The SMILES string of the molecule is CCOC(=O)c1cc(OC)c(OC)cc1-c1c2cc(OC)c(OC)cc2c(Br)c2cc(OC)c(OC)cc12. The number of carbonyl (C=O) groups excluding carboxylic acids is 1. The fourth-order valence-electron chi connectivity index (χ4n) is 4.58. The van der Waals surface area contributed by atoms with E-state index in [1.807, 2.05) is 24.3 Å². The summed E-state index contributed by atoms with van der Waals surface area (Å²) < 4.78 is 39.9. The van der Waals surface area contributed by atoms with E-state index >= 15 is 0 Å². The summed E-state index contributed by atoms with van der Waals surface area (Å²) in [6, 6.07) is 11.0. The van der Waals surface area contributed by atoms with Crippen LogP contribution < -0.4 is 28.4 Å². The first kappa shape index (κ1) is 27.2. The molecule has 0 bridgehead atoms. The monoisotopic (exact) mass is 584 g/mol. The zero-order valence-corrected chi connectivity index (χ0v) is 23.9. The molecule has 9 heteroatoms. The van der Waals surface area contributed by atoms with E-state index in [1.165, 1.54) is 7.11 Å². The van der Waals surface area contributed by atoms with Crippen molar-refractivity contribution in [2.75, 3.05) is 49.3 Å². The van der Waals surface area contributed by atoms with Crippen molar-refractivity contribution < 1.29 is 38.0 Å². The van der Waals surface area contributed by atoms with E-state index in [1.54, 1.807) is 54.6 Å². The van der Waals surface area contributed by atoms with Crippen molar-refractivity contribution in [2.45, 2.75) is 6.92 Å². The molecule has 0 fully saturated rings. The van der Waals surface area contributed by atoms with Gasteiger partial charge in [-0.2, -0.15) is 0 Å². The fraction of sp³-hybridized carbons (Fsp3) is 0.276. The first-order chi connectivity index (χ1) is 18.4. The number of rotatable bonds is 9. The summed E-state index contributed by atoms with van der Waals surface area (Å²) in [4.78, 5) is 13.3. The highest BCUT2D eigenvalue weighted by Gasteiger charge is 2.25. The molecule has 0 spiro atoms. The standard InChI is InChI=1S/C29H29BrO8/c1-8-38-29(31)20-14-26(37-7)23(34-4)11-17(20)27-15-9-21(32-2)24(35-5)12-18(15)28(30)19-13-25(36-6)22(33-3)10-16(19)27/h9-14H,8H2,1-7H3. The van der Waals surface area contributed by atoms with Crippen molar-refractivity contribution in [3.8, 4) is 45.6 Å². The maximum Gasteiger partial charge on any atom is 0.338 e. The van der Waals surface area contributed by atoms with Gasteiger partial charge in [0.15, 0.2) is 34.5 Å². The highest BCUT2D eigenvalue weighted by molar-refractivity contribution is 9.10. The number of halogens is 1. The molecule has 4 aromatic carbocycles. The normalized spacial score (nSPS) is 10.8. The summed E-state index contributed by atoms with van der Waals surface area (Å²) in [5.41, 5.74) is 1.64. The molecule has 200 valence electrons. The maximum atomic E-state index is 13.3. The Labute approximate surface area is 229 Å². The molecule has 0 unspecified atom stereocenters. The van der Waals surface area contributed by atoms with Gasteiger partial charge in [0.25, 0.3) is 0 Å². The second-order valence-electron chi connectivity index (χ2n) is 8.17. The number of hydrogen-bond acceptors (Lipinski definition) is 8. The average molecular weight is 585 g/mol. The molecule has 0 aliphatic rings. The van der Waals surface area contributed by atoms with Crippen LogP contribution in [0, 0.1) is 0 Å². The third kappa shape index (κ3) is 4.51. The van der Waals surface area contributed by atoms with Crippen LogP contribution in [-0.2, 0) is 4.74 Å². The Hall–Kier alpha value is -3.85. The van der Waals surface area contributed by atoms with Crippen LogP contribution >= 0.6 is 15.9 Å². The lowest BCUT2D eigenvalue weighted by atomic mass is 9.88. The van der Waals surface area contributed by atoms with Crippen LogP contribution in [0.3, 0.4) is 0 Å². The Kier molecular flexibility index (Phi) is 8.06. The van der Waals surface area contributed by atoms with Crippen LogP contribution in [0.15, 0.2) is 40.9 Å². The van der Waals surface area contributed by atoms with Gasteiger partial charge in [-0.15, -0.1) is 0 Å². The van der Waals surface area contributed by atoms with Gasteiger partial charge < -0.3 is 33.2 Å². The Bertz CT molecular complexity index is 1460. The van der Waals surface area contributed by atoms with E-state index in [2.05, 4.69) is 15.9 Å². The van der Waals surface area contributed by atoms with E-state index in [9.17, 15) is 4.79 Å². The molecular weight excluding hydrogens is 556 g/mol. The number of fused-ring (bicyclic) bond motifs is 2. The second-order valence-corrected chi connectivity index (χ2v) is 8.96. The van der Waals surface area contributed by atoms with Gasteiger partial charge in [0.1, 0.15) is 0 Å². The number of hydrogen-bond donors (Lipinski definition) is 0. The molecule has 0 heterocycles. The highest BCUT2D eigenvalue weighted by atomic mass is 79.9. The second kappa shape index (κ2) is 11.3. The largest absolute Gasteiger partial charge is 0.493 e. The molecule has 0 radical (unpaired) electrons. The summed E-state index contributed by atoms with van der Waals surface area (Å²) in [5, 5.41) is 3.27. The zero-order chi connectivity index (χ0) is 27.6. The van der Waals surface area contributed by atoms with E-state index in [-0.39, 0.29) is 6.61 Å². The van der Waals surface area contributed by atoms with Gasteiger partial charge in [0, 0.05) is 20.8 Å². The lowest BCUT2D eigenvalue weighted by molar-refractivity contribution is 0.0527. The molecule has 4 aromatic rings. The van der Waals surface area contributed by atoms with E-state index in [0.29, 0.717) is 45.6 Å². The molecule has 0 saturated heterocycles. The number of methoxy groups -OCH3 is 6. The number of ether oxygens (including phenoxy) is 7. The minimum absolute atomic E-state index is 0.213. The van der Waals surface area contributed by atoms with Crippen LogP contribution in [0.2, 0.25) is 0 Å². The van der Waals surface area contributed by atoms with E-state index < -0.39 is 5.97 Å². The van der Waals surface area contributed by atoms with Crippen molar-refractivity contribution in [3.05, 3.63) is 46.4 Å². The lowest BCUT2D eigenvalue weighted by Gasteiger charge is -2.21. The van der Waals surface area contributed by atoms with Crippen molar-refractivity contribution in [2.24, 2.45) is 0 Å². The summed E-state index contributed by atoms with van der Waals surface area (Å²) in [7, 11) is 9.39. The van der Waals surface area contributed by atoms with Gasteiger partial charge in [0.2, 0.25) is 0 Å². The van der Waals surface area contributed by atoms with Crippen molar-refractivity contribution in [1.82, 2.24) is 0 Å². The molecule has 4 rings (SSSR count). The highest BCUT2D eigenvalue weighted by Crippen LogP contribution is 2.50. The van der Waals surface area contributed by atoms with Crippen molar-refractivity contribution in [1.29, 1.82) is 0 Å². The lowest BCUT2D eigenvalue weighted by Crippen LogP contribution is -2.08. The fourth-order valence-corrected chi connectivity index (χ4v) is 5.23. The number of benzene rings is 4. The Balaban J connectivity index is 2.30. The molecule has 0 N–H and O–H groups in total. The minimum Gasteiger partial charge on any atom is -0.493 e. The Morgan fingerprint density at radius 3 is 1.37 bits per heavy atom. The molecule has 0 atom stereocenters. The Morgan fingerprint density at radius 2 is 0.974 bits per heavy atom.